The molecule has 17 heavy (non-hydrogen) atoms. The van der Waals surface area contributed by atoms with Gasteiger partial charge in [-0.25, -0.2) is 0 Å². The fraction of sp³-hybridized carbons (Fsp3) is 0.647. The van der Waals surface area contributed by atoms with Gasteiger partial charge >= 0.3 is 0 Å². The molecule has 0 fully saturated rings. The highest BCUT2D eigenvalue weighted by Crippen LogP contribution is 2.39. The Bertz CT molecular complexity index is 383. The van der Waals surface area contributed by atoms with E-state index in [-0.39, 0.29) is 5.41 Å². The molecule has 0 saturated heterocycles. The molecule has 0 bridgehead atoms. The van der Waals surface area contributed by atoms with Crippen molar-refractivity contribution < 1.29 is 0 Å². The highest BCUT2D eigenvalue weighted by molar-refractivity contribution is 5.35. The predicted molar refractivity (Wildman–Crippen MR) is 77.6 cm³/mol. The molecular weight excluding hydrogens is 204 g/mol. The van der Waals surface area contributed by atoms with Crippen molar-refractivity contribution in [3.63, 3.8) is 0 Å². The molecule has 1 aromatic rings. The molecule has 0 aliphatic heterocycles. The molecular formula is C17H28. The summed E-state index contributed by atoms with van der Waals surface area (Å²) >= 11 is 0. The zero-order valence-corrected chi connectivity index (χ0v) is 12.6. The Hall–Kier alpha value is -0.780. The van der Waals surface area contributed by atoms with Gasteiger partial charge in [-0.15, -0.1) is 0 Å². The van der Waals surface area contributed by atoms with E-state index in [9.17, 15) is 0 Å². The zero-order valence-electron chi connectivity index (χ0n) is 12.6. The van der Waals surface area contributed by atoms with Crippen LogP contribution in [0.5, 0.6) is 0 Å². The number of hydrogen-bond donors (Lipinski definition) is 0. The van der Waals surface area contributed by atoms with Gasteiger partial charge in [0.15, 0.2) is 0 Å². The van der Waals surface area contributed by atoms with Gasteiger partial charge in [0.1, 0.15) is 0 Å². The van der Waals surface area contributed by atoms with E-state index in [1.807, 2.05) is 0 Å². The monoisotopic (exact) mass is 232 g/mol. The van der Waals surface area contributed by atoms with Gasteiger partial charge in [0.05, 0.1) is 0 Å². The molecule has 1 rings (SSSR count). The first-order valence-electron chi connectivity index (χ1n) is 6.76. The van der Waals surface area contributed by atoms with Crippen LogP contribution in [0.4, 0.5) is 0 Å². The van der Waals surface area contributed by atoms with Crippen LogP contribution >= 0.6 is 0 Å². The minimum Gasteiger partial charge on any atom is -0.0649 e. The molecule has 0 aliphatic carbocycles. The lowest BCUT2D eigenvalue weighted by Gasteiger charge is -2.36. The van der Waals surface area contributed by atoms with Crippen LogP contribution < -0.4 is 0 Å². The summed E-state index contributed by atoms with van der Waals surface area (Å²) < 4.78 is 0. The van der Waals surface area contributed by atoms with Gasteiger partial charge in [-0.3, -0.25) is 0 Å². The predicted octanol–water partition coefficient (Wildman–Crippen LogP) is 5.41. The van der Waals surface area contributed by atoms with Crippen LogP contribution in [-0.2, 0) is 5.41 Å². The third kappa shape index (κ3) is 3.59. The van der Waals surface area contributed by atoms with Crippen LogP contribution in [-0.4, -0.2) is 0 Å². The van der Waals surface area contributed by atoms with E-state index < -0.39 is 0 Å². The van der Waals surface area contributed by atoms with Crippen molar-refractivity contribution in [3.05, 3.63) is 34.9 Å². The fourth-order valence-electron chi connectivity index (χ4n) is 2.99. The van der Waals surface area contributed by atoms with Crippen LogP contribution in [0.25, 0.3) is 0 Å². The number of rotatable bonds is 4. The molecule has 0 heterocycles. The van der Waals surface area contributed by atoms with Gasteiger partial charge < -0.3 is 0 Å². The molecule has 0 unspecified atom stereocenters. The van der Waals surface area contributed by atoms with Gasteiger partial charge in [0.25, 0.3) is 0 Å². The summed E-state index contributed by atoms with van der Waals surface area (Å²) in [6.07, 6.45) is 2.47. The van der Waals surface area contributed by atoms with Gasteiger partial charge in [-0.2, -0.15) is 0 Å². The summed E-state index contributed by atoms with van der Waals surface area (Å²) in [6.45, 7) is 16.2. The standard InChI is InChI=1S/C17H28/c1-8-16(4,5)12-17(6,7)15-10-9-13(2)11-14(15)3/h9-11H,8,12H2,1-7H3. The van der Waals surface area contributed by atoms with Crippen molar-refractivity contribution in [2.24, 2.45) is 5.41 Å². The van der Waals surface area contributed by atoms with Crippen LogP contribution in [0.15, 0.2) is 18.2 Å². The first kappa shape index (κ1) is 14.3. The second-order valence-electron chi connectivity index (χ2n) is 6.90. The average molecular weight is 232 g/mol. The third-order valence-electron chi connectivity index (χ3n) is 3.99. The van der Waals surface area contributed by atoms with Gasteiger partial charge in [0, 0.05) is 0 Å². The highest BCUT2D eigenvalue weighted by atomic mass is 14.3. The summed E-state index contributed by atoms with van der Waals surface area (Å²) in [5, 5.41) is 0. The van der Waals surface area contributed by atoms with Crippen LogP contribution in [0.2, 0.25) is 0 Å². The van der Waals surface area contributed by atoms with Gasteiger partial charge in [0.2, 0.25) is 0 Å². The number of aryl methyl sites for hydroxylation is 2. The first-order valence-corrected chi connectivity index (χ1v) is 6.76. The highest BCUT2D eigenvalue weighted by Gasteiger charge is 2.29. The van der Waals surface area contributed by atoms with Gasteiger partial charge in [-0.1, -0.05) is 64.8 Å². The Morgan fingerprint density at radius 3 is 2.06 bits per heavy atom. The summed E-state index contributed by atoms with van der Waals surface area (Å²) in [4.78, 5) is 0. The molecule has 0 saturated carbocycles. The van der Waals surface area contributed by atoms with E-state index >= 15 is 0 Å². The number of benzene rings is 1. The van der Waals surface area contributed by atoms with Crippen LogP contribution in [0.3, 0.4) is 0 Å². The van der Waals surface area contributed by atoms with Crippen LogP contribution in [0, 0.1) is 19.3 Å². The molecule has 96 valence electrons. The zero-order chi connectivity index (χ0) is 13.3. The molecule has 0 nitrogen and oxygen atoms in total. The molecule has 0 spiro atoms. The van der Waals surface area contributed by atoms with Crippen molar-refractivity contribution in [3.8, 4) is 0 Å². The van der Waals surface area contributed by atoms with E-state index in [2.05, 4.69) is 66.7 Å². The normalized spacial score (nSPS) is 12.9. The lowest BCUT2D eigenvalue weighted by Crippen LogP contribution is -2.27. The summed E-state index contributed by atoms with van der Waals surface area (Å²) in [6, 6.07) is 6.86. The Labute approximate surface area is 107 Å². The minimum absolute atomic E-state index is 0.261. The number of hydrogen-bond acceptors (Lipinski definition) is 0. The van der Waals surface area contributed by atoms with Crippen molar-refractivity contribution in [2.45, 2.75) is 66.7 Å². The summed E-state index contributed by atoms with van der Waals surface area (Å²) in [7, 11) is 0. The molecule has 0 heteroatoms. The second-order valence-corrected chi connectivity index (χ2v) is 6.90. The lowest BCUT2D eigenvalue weighted by molar-refractivity contribution is 0.247. The summed E-state index contributed by atoms with van der Waals surface area (Å²) in [5.41, 5.74) is 4.97. The van der Waals surface area contributed by atoms with E-state index in [0.29, 0.717) is 5.41 Å². The Balaban J connectivity index is 3.04. The molecule has 0 aliphatic rings. The maximum atomic E-state index is 2.38. The Kier molecular flexibility index (Phi) is 4.06. The quantitative estimate of drug-likeness (QED) is 0.651. The van der Waals surface area contributed by atoms with Crippen molar-refractivity contribution in [2.75, 3.05) is 0 Å². The van der Waals surface area contributed by atoms with E-state index in [4.69, 9.17) is 0 Å². The molecule has 0 radical (unpaired) electrons. The fourth-order valence-corrected chi connectivity index (χ4v) is 2.99. The summed E-state index contributed by atoms with van der Waals surface area (Å²) in [5.74, 6) is 0. The van der Waals surface area contributed by atoms with Gasteiger partial charge in [-0.05, 0) is 42.2 Å². The molecule has 0 atom stereocenters. The molecule has 0 N–H and O–H groups in total. The Morgan fingerprint density at radius 1 is 1.00 bits per heavy atom. The van der Waals surface area contributed by atoms with Crippen LogP contribution in [0.1, 0.15) is 64.2 Å². The third-order valence-corrected chi connectivity index (χ3v) is 3.99. The first-order chi connectivity index (χ1) is 7.68. The maximum Gasteiger partial charge on any atom is -0.00959 e. The molecule has 0 aromatic heterocycles. The van der Waals surface area contributed by atoms with E-state index in [0.717, 1.165) is 0 Å². The average Bonchev–Trinajstić information content (AvgIpc) is 2.15. The topological polar surface area (TPSA) is 0 Å². The lowest BCUT2D eigenvalue weighted by atomic mass is 9.69. The van der Waals surface area contributed by atoms with E-state index in [1.54, 1.807) is 0 Å². The van der Waals surface area contributed by atoms with Crippen molar-refractivity contribution >= 4 is 0 Å². The SMILES string of the molecule is CCC(C)(C)CC(C)(C)c1ccc(C)cc1C. The van der Waals surface area contributed by atoms with E-state index in [1.165, 1.54) is 29.5 Å². The second kappa shape index (κ2) is 4.84. The minimum atomic E-state index is 0.261. The maximum absolute atomic E-state index is 2.38. The van der Waals surface area contributed by atoms with Crippen molar-refractivity contribution in [1.82, 2.24) is 0 Å². The molecule has 0 amide bonds. The van der Waals surface area contributed by atoms with Crippen molar-refractivity contribution in [1.29, 1.82) is 0 Å². The Morgan fingerprint density at radius 2 is 1.59 bits per heavy atom. The largest absolute Gasteiger partial charge is 0.0649 e. The smallest absolute Gasteiger partial charge is 0.00959 e. The molecule has 1 aromatic carbocycles.